The summed E-state index contributed by atoms with van der Waals surface area (Å²) in [6.45, 7) is 0.853. The van der Waals surface area contributed by atoms with Crippen LogP contribution in [0.1, 0.15) is 0 Å². The van der Waals surface area contributed by atoms with Gasteiger partial charge in [0.1, 0.15) is 18.3 Å². The number of hydrogen-bond donors (Lipinski definition) is 2. The van der Waals surface area contributed by atoms with Gasteiger partial charge in [0.2, 0.25) is 0 Å². The summed E-state index contributed by atoms with van der Waals surface area (Å²) in [4.78, 5) is 4.53. The lowest BCUT2D eigenvalue weighted by Gasteiger charge is -2.16. The molecule has 0 bridgehead atoms. The highest BCUT2D eigenvalue weighted by Crippen LogP contribution is 2.32. The maximum atomic E-state index is 9.72. The van der Waals surface area contributed by atoms with Crippen LogP contribution in [0.3, 0.4) is 0 Å². The minimum absolute atomic E-state index is 0.0215. The number of aromatic nitrogens is 1. The highest BCUT2D eigenvalue weighted by Gasteiger charge is 2.47. The number of hydrogen-bond acceptors (Lipinski definition) is 6. The predicted octanol–water partition coefficient (Wildman–Crippen LogP) is 1.89. The van der Waals surface area contributed by atoms with Gasteiger partial charge < -0.3 is 19.9 Å². The molecule has 4 atom stereocenters. The van der Waals surface area contributed by atoms with Crippen LogP contribution in [0.2, 0.25) is 5.02 Å². The van der Waals surface area contributed by atoms with Crippen molar-refractivity contribution in [1.82, 2.24) is 4.98 Å². The SMILES string of the molecule is O[C@@H]1CO[C@H]2[C@@H]1OC[C@H]2Nc1nc2ccc(Cl)cc2s1. The third-order valence-electron chi connectivity index (χ3n) is 3.69. The molecule has 7 heteroatoms. The Morgan fingerprint density at radius 2 is 2.15 bits per heavy atom. The van der Waals surface area contributed by atoms with E-state index in [0.29, 0.717) is 18.2 Å². The molecular formula is C13H13ClN2O3S. The summed E-state index contributed by atoms with van der Waals surface area (Å²) in [5.41, 5.74) is 0.921. The van der Waals surface area contributed by atoms with Crippen molar-refractivity contribution >= 4 is 38.3 Å². The maximum Gasteiger partial charge on any atom is 0.184 e. The smallest absolute Gasteiger partial charge is 0.184 e. The summed E-state index contributed by atoms with van der Waals surface area (Å²) >= 11 is 7.53. The van der Waals surface area contributed by atoms with Gasteiger partial charge in [0, 0.05) is 5.02 Å². The van der Waals surface area contributed by atoms with Crippen LogP contribution in [0.25, 0.3) is 10.2 Å². The van der Waals surface area contributed by atoms with Crippen LogP contribution >= 0.6 is 22.9 Å². The van der Waals surface area contributed by atoms with Crippen molar-refractivity contribution in [3.8, 4) is 0 Å². The molecule has 4 rings (SSSR count). The number of anilines is 1. The van der Waals surface area contributed by atoms with Crippen molar-refractivity contribution in [3.05, 3.63) is 23.2 Å². The number of nitrogens with zero attached hydrogens (tertiary/aromatic N) is 1. The fourth-order valence-corrected chi connectivity index (χ4v) is 3.93. The van der Waals surface area contributed by atoms with Gasteiger partial charge in [0.15, 0.2) is 5.13 Å². The number of thiazole rings is 1. The first-order valence-electron chi connectivity index (χ1n) is 6.44. The second-order valence-corrected chi connectivity index (χ2v) is 6.51. The fourth-order valence-electron chi connectivity index (χ4n) is 2.72. The van der Waals surface area contributed by atoms with Crippen LogP contribution in [0.5, 0.6) is 0 Å². The lowest BCUT2D eigenvalue weighted by atomic mass is 10.1. The number of aliphatic hydroxyl groups is 1. The van der Waals surface area contributed by atoms with Gasteiger partial charge >= 0.3 is 0 Å². The van der Waals surface area contributed by atoms with Crippen molar-refractivity contribution in [2.24, 2.45) is 0 Å². The summed E-state index contributed by atoms with van der Waals surface area (Å²) in [7, 11) is 0. The molecule has 0 spiro atoms. The zero-order valence-electron chi connectivity index (χ0n) is 10.5. The summed E-state index contributed by atoms with van der Waals surface area (Å²) in [5.74, 6) is 0. The second kappa shape index (κ2) is 4.82. The molecule has 106 valence electrons. The Morgan fingerprint density at radius 3 is 3.05 bits per heavy atom. The first-order chi connectivity index (χ1) is 9.70. The van der Waals surface area contributed by atoms with Crippen LogP contribution in [0, 0.1) is 0 Å². The third kappa shape index (κ3) is 2.08. The van der Waals surface area contributed by atoms with Crippen molar-refractivity contribution in [2.45, 2.75) is 24.4 Å². The monoisotopic (exact) mass is 312 g/mol. The van der Waals surface area contributed by atoms with E-state index in [1.54, 1.807) is 11.3 Å². The molecule has 2 saturated heterocycles. The minimum Gasteiger partial charge on any atom is -0.388 e. The quantitative estimate of drug-likeness (QED) is 0.886. The first-order valence-corrected chi connectivity index (χ1v) is 7.64. The highest BCUT2D eigenvalue weighted by molar-refractivity contribution is 7.22. The van der Waals surface area contributed by atoms with Gasteiger partial charge in [-0.25, -0.2) is 4.98 Å². The molecule has 1 aromatic heterocycles. The van der Waals surface area contributed by atoms with Crippen LogP contribution in [-0.4, -0.2) is 47.7 Å². The molecule has 20 heavy (non-hydrogen) atoms. The number of fused-ring (bicyclic) bond motifs is 2. The molecular weight excluding hydrogens is 300 g/mol. The minimum atomic E-state index is -0.527. The molecule has 0 saturated carbocycles. The summed E-state index contributed by atoms with van der Waals surface area (Å²) in [6, 6.07) is 5.67. The molecule has 0 radical (unpaired) electrons. The Labute approximate surface area is 124 Å². The van der Waals surface area contributed by atoms with Crippen molar-refractivity contribution in [3.63, 3.8) is 0 Å². The van der Waals surface area contributed by atoms with E-state index in [9.17, 15) is 5.11 Å². The van der Waals surface area contributed by atoms with Crippen LogP contribution in [0.4, 0.5) is 5.13 Å². The van der Waals surface area contributed by atoms with Gasteiger partial charge in [-0.1, -0.05) is 22.9 Å². The lowest BCUT2D eigenvalue weighted by molar-refractivity contribution is 0.0184. The molecule has 0 unspecified atom stereocenters. The van der Waals surface area contributed by atoms with Gasteiger partial charge in [0.25, 0.3) is 0 Å². The van der Waals surface area contributed by atoms with Gasteiger partial charge in [-0.05, 0) is 18.2 Å². The summed E-state index contributed by atoms with van der Waals surface area (Å²) in [6.07, 6.45) is -0.863. The average Bonchev–Trinajstić information content (AvgIpc) is 3.08. The Balaban J connectivity index is 1.56. The molecule has 2 N–H and O–H groups in total. The van der Waals surface area contributed by atoms with Crippen LogP contribution in [0.15, 0.2) is 18.2 Å². The summed E-state index contributed by atoms with van der Waals surface area (Å²) < 4.78 is 12.2. The Hall–Kier alpha value is -0.920. The maximum absolute atomic E-state index is 9.72. The van der Waals surface area contributed by atoms with E-state index < -0.39 is 6.10 Å². The second-order valence-electron chi connectivity index (χ2n) is 5.05. The van der Waals surface area contributed by atoms with E-state index >= 15 is 0 Å². The third-order valence-corrected chi connectivity index (χ3v) is 4.87. The predicted molar refractivity (Wildman–Crippen MR) is 77.5 cm³/mol. The molecule has 0 aliphatic carbocycles. The molecule has 1 aromatic carbocycles. The molecule has 2 aromatic rings. The number of benzene rings is 1. The van der Waals surface area contributed by atoms with E-state index in [0.717, 1.165) is 15.3 Å². The van der Waals surface area contributed by atoms with E-state index in [1.165, 1.54) is 0 Å². The van der Waals surface area contributed by atoms with E-state index in [2.05, 4.69) is 10.3 Å². The zero-order chi connectivity index (χ0) is 13.7. The fraction of sp³-hybridized carbons (Fsp3) is 0.462. The summed E-state index contributed by atoms with van der Waals surface area (Å²) in [5, 5.41) is 14.6. The Bertz CT molecular complexity index is 650. The number of aliphatic hydroxyl groups excluding tert-OH is 1. The standard InChI is InChI=1S/C13H13ClN2O3S/c14-6-1-2-7-10(3-6)20-13(15-7)16-8-4-18-12-9(17)5-19-11(8)12/h1-3,8-9,11-12,17H,4-5H2,(H,15,16)/t8-,9-,11-,12-/m1/s1. The highest BCUT2D eigenvalue weighted by atomic mass is 35.5. The van der Waals surface area contributed by atoms with Crippen LogP contribution in [-0.2, 0) is 9.47 Å². The first kappa shape index (κ1) is 12.8. The number of rotatable bonds is 2. The van der Waals surface area contributed by atoms with Crippen LogP contribution < -0.4 is 5.32 Å². The van der Waals surface area contributed by atoms with Gasteiger partial charge in [0.05, 0.1) is 29.5 Å². The molecule has 3 heterocycles. The van der Waals surface area contributed by atoms with Crippen molar-refractivity contribution < 1.29 is 14.6 Å². The molecule has 2 aliphatic heterocycles. The number of nitrogens with one attached hydrogen (secondary N) is 1. The Kier molecular flexibility index (Phi) is 3.08. The van der Waals surface area contributed by atoms with Gasteiger partial charge in [-0.2, -0.15) is 0 Å². The zero-order valence-corrected chi connectivity index (χ0v) is 12.0. The van der Waals surface area contributed by atoms with E-state index in [4.69, 9.17) is 21.1 Å². The largest absolute Gasteiger partial charge is 0.388 e. The molecule has 5 nitrogen and oxygen atoms in total. The number of ether oxygens (including phenoxy) is 2. The normalized spacial score (nSPS) is 32.7. The molecule has 2 fully saturated rings. The van der Waals surface area contributed by atoms with Crippen molar-refractivity contribution in [1.29, 1.82) is 0 Å². The lowest BCUT2D eigenvalue weighted by Crippen LogP contribution is -2.35. The topological polar surface area (TPSA) is 63.6 Å². The average molecular weight is 313 g/mol. The molecule has 2 aliphatic rings. The number of halogens is 1. The van der Waals surface area contributed by atoms with Gasteiger partial charge in [-0.15, -0.1) is 0 Å². The van der Waals surface area contributed by atoms with E-state index in [-0.39, 0.29) is 18.2 Å². The van der Waals surface area contributed by atoms with E-state index in [1.807, 2.05) is 18.2 Å². The van der Waals surface area contributed by atoms with Crippen molar-refractivity contribution in [2.75, 3.05) is 18.5 Å². The van der Waals surface area contributed by atoms with Gasteiger partial charge in [-0.3, -0.25) is 0 Å². The Morgan fingerprint density at radius 1 is 1.30 bits per heavy atom. The molecule has 0 amide bonds.